The summed E-state index contributed by atoms with van der Waals surface area (Å²) in [7, 11) is 4.48. The number of nitrogens with zero attached hydrogens (tertiary/aromatic N) is 2. The van der Waals surface area contributed by atoms with Gasteiger partial charge in [0, 0.05) is 65.7 Å². The number of carbonyl (C=O) groups is 1. The van der Waals surface area contributed by atoms with Gasteiger partial charge in [-0.05, 0) is 76.8 Å². The number of piperidine rings is 1. The summed E-state index contributed by atoms with van der Waals surface area (Å²) in [6.07, 6.45) is 9.20. The van der Waals surface area contributed by atoms with E-state index in [9.17, 15) is 13.2 Å². The van der Waals surface area contributed by atoms with Gasteiger partial charge in [-0.3, -0.25) is 0 Å². The highest BCUT2D eigenvalue weighted by atomic mass is 32.2. The molecule has 2 aromatic heterocycles. The molecule has 220 valence electrons. The van der Waals surface area contributed by atoms with Gasteiger partial charge in [0.2, 0.25) is 10.0 Å². The highest BCUT2D eigenvalue weighted by Gasteiger charge is 2.40. The summed E-state index contributed by atoms with van der Waals surface area (Å²) in [6, 6.07) is 14.8. The Labute approximate surface area is 242 Å². The second kappa shape index (κ2) is 12.4. The number of likely N-dealkylation sites (N-methyl/N-ethyl adjacent to an activating group) is 1. The van der Waals surface area contributed by atoms with Crippen LogP contribution in [0.15, 0.2) is 54.9 Å². The summed E-state index contributed by atoms with van der Waals surface area (Å²) in [5.74, 6) is -0.181. The third-order valence-electron chi connectivity index (χ3n) is 8.47. The molecule has 0 radical (unpaired) electrons. The Kier molecular flexibility index (Phi) is 8.84. The Hall–Kier alpha value is -3.18. The number of aromatic nitrogens is 2. The van der Waals surface area contributed by atoms with Gasteiger partial charge in [-0.15, -0.1) is 0 Å². The van der Waals surface area contributed by atoms with Crippen molar-refractivity contribution in [3.05, 3.63) is 71.5 Å². The summed E-state index contributed by atoms with van der Waals surface area (Å²) in [5.41, 5.74) is 4.70. The minimum Gasteiger partial charge on any atom is -0.459 e. The van der Waals surface area contributed by atoms with Crippen LogP contribution in [0, 0.1) is 0 Å². The summed E-state index contributed by atoms with van der Waals surface area (Å²) < 4.78 is 31.4. The van der Waals surface area contributed by atoms with E-state index in [1.165, 1.54) is 25.5 Å². The number of hydrogen-bond donors (Lipinski definition) is 3. The predicted molar refractivity (Wildman–Crippen MR) is 164 cm³/mol. The number of fused-ring (bicyclic) bond motifs is 4. The summed E-state index contributed by atoms with van der Waals surface area (Å²) in [6.45, 7) is 0.964. The molecule has 0 amide bonds. The quantitative estimate of drug-likeness (QED) is 0.269. The zero-order valence-electron chi connectivity index (χ0n) is 24.3. The van der Waals surface area contributed by atoms with Crippen molar-refractivity contribution >= 4 is 37.8 Å². The van der Waals surface area contributed by atoms with Crippen LogP contribution in [0.2, 0.25) is 0 Å². The third kappa shape index (κ3) is 6.83. The van der Waals surface area contributed by atoms with Gasteiger partial charge < -0.3 is 24.5 Å². The van der Waals surface area contributed by atoms with Crippen LogP contribution in [0.3, 0.4) is 0 Å². The maximum absolute atomic E-state index is 12.4. The molecule has 0 saturated carbocycles. The van der Waals surface area contributed by atoms with Gasteiger partial charge in [0.05, 0.1) is 11.3 Å². The lowest BCUT2D eigenvalue weighted by Gasteiger charge is -2.35. The van der Waals surface area contributed by atoms with Crippen LogP contribution in [0.4, 0.5) is 0 Å². The number of sulfonamides is 1. The first-order valence-corrected chi connectivity index (χ1v) is 15.9. The van der Waals surface area contributed by atoms with Gasteiger partial charge in [0.25, 0.3) is 0 Å². The summed E-state index contributed by atoms with van der Waals surface area (Å²) >= 11 is 0. The maximum atomic E-state index is 12.4. The molecule has 4 aromatic rings. The SMILES string of the molecule is CN1[C@@H]2CC[C@H]1C[C@@H](OC(=O)c1c[nH]c3ccccc13)C2.CNS(=O)(=O)Cc1ccc2[nH]cc(CCN(C)C)c2c1. The van der Waals surface area contributed by atoms with E-state index in [2.05, 4.69) is 31.5 Å². The Bertz CT molecular complexity index is 1600. The molecule has 6 rings (SSSR count). The topological polar surface area (TPSA) is 111 Å². The van der Waals surface area contributed by atoms with Crippen molar-refractivity contribution in [3.8, 4) is 0 Å². The molecule has 3 N–H and O–H groups in total. The van der Waals surface area contributed by atoms with E-state index in [-0.39, 0.29) is 17.8 Å². The monoisotopic (exact) mass is 579 g/mol. The molecule has 2 aliphatic heterocycles. The van der Waals surface area contributed by atoms with Crippen molar-refractivity contribution in [2.45, 2.75) is 56.0 Å². The number of carbonyl (C=O) groups excluding carboxylic acids is 1. The number of esters is 1. The molecule has 2 aliphatic rings. The highest BCUT2D eigenvalue weighted by molar-refractivity contribution is 7.88. The molecule has 2 fully saturated rings. The zero-order valence-corrected chi connectivity index (χ0v) is 25.1. The number of hydrogen-bond acceptors (Lipinski definition) is 6. The second-order valence-corrected chi connectivity index (χ2v) is 13.4. The number of H-pyrrole nitrogens is 2. The fourth-order valence-corrected chi connectivity index (χ4v) is 6.83. The van der Waals surface area contributed by atoms with Crippen molar-refractivity contribution in [2.24, 2.45) is 0 Å². The normalized spacial score (nSPS) is 20.9. The van der Waals surface area contributed by atoms with Crippen LogP contribution in [-0.2, 0) is 26.9 Å². The van der Waals surface area contributed by atoms with Crippen LogP contribution in [-0.4, -0.2) is 87.1 Å². The molecule has 2 bridgehead atoms. The zero-order chi connectivity index (χ0) is 29.1. The van der Waals surface area contributed by atoms with Gasteiger partial charge >= 0.3 is 5.97 Å². The van der Waals surface area contributed by atoms with Crippen molar-refractivity contribution in [1.29, 1.82) is 0 Å². The summed E-state index contributed by atoms with van der Waals surface area (Å²) in [5, 5.41) is 2.05. The van der Waals surface area contributed by atoms with Crippen molar-refractivity contribution in [1.82, 2.24) is 24.5 Å². The number of ether oxygens (including phenoxy) is 1. The smallest absolute Gasteiger partial charge is 0.340 e. The molecule has 0 aliphatic carbocycles. The van der Waals surface area contributed by atoms with Gasteiger partial charge in [0.15, 0.2) is 0 Å². The van der Waals surface area contributed by atoms with E-state index in [1.807, 2.05) is 62.8 Å². The number of aromatic amines is 2. The van der Waals surface area contributed by atoms with Crippen molar-refractivity contribution in [2.75, 3.05) is 34.7 Å². The van der Waals surface area contributed by atoms with E-state index < -0.39 is 10.0 Å². The van der Waals surface area contributed by atoms with E-state index in [1.54, 1.807) is 6.20 Å². The van der Waals surface area contributed by atoms with E-state index in [4.69, 9.17) is 4.74 Å². The highest BCUT2D eigenvalue weighted by Crippen LogP contribution is 2.36. The molecule has 0 spiro atoms. The van der Waals surface area contributed by atoms with Crippen LogP contribution < -0.4 is 4.72 Å². The molecule has 9 nitrogen and oxygen atoms in total. The number of rotatable bonds is 8. The van der Waals surface area contributed by atoms with Crippen LogP contribution >= 0.6 is 0 Å². The lowest BCUT2D eigenvalue weighted by Crippen LogP contribution is -2.43. The average molecular weight is 580 g/mol. The van der Waals surface area contributed by atoms with Gasteiger partial charge in [0.1, 0.15) is 6.10 Å². The first-order chi connectivity index (χ1) is 19.6. The average Bonchev–Trinajstić information content (AvgIpc) is 3.61. The predicted octanol–water partition coefficient (Wildman–Crippen LogP) is 4.27. The molecule has 10 heteroatoms. The molecular weight excluding hydrogens is 538 g/mol. The van der Waals surface area contributed by atoms with E-state index in [0.29, 0.717) is 17.6 Å². The Morgan fingerprint density at radius 1 is 1.02 bits per heavy atom. The third-order valence-corrected chi connectivity index (χ3v) is 9.80. The lowest BCUT2D eigenvalue weighted by molar-refractivity contribution is -0.000264. The summed E-state index contributed by atoms with van der Waals surface area (Å²) in [4.78, 5) is 23.4. The van der Waals surface area contributed by atoms with E-state index >= 15 is 0 Å². The Morgan fingerprint density at radius 3 is 2.41 bits per heavy atom. The van der Waals surface area contributed by atoms with Crippen LogP contribution in [0.25, 0.3) is 21.8 Å². The largest absolute Gasteiger partial charge is 0.459 e. The molecule has 41 heavy (non-hydrogen) atoms. The minimum atomic E-state index is -3.23. The van der Waals surface area contributed by atoms with Gasteiger partial charge in [-0.2, -0.15) is 0 Å². The first kappa shape index (κ1) is 29.3. The van der Waals surface area contributed by atoms with Crippen LogP contribution in [0.1, 0.15) is 47.2 Å². The fourth-order valence-electron chi connectivity index (χ4n) is 6.07. The number of nitrogens with one attached hydrogen (secondary N) is 3. The second-order valence-electron chi connectivity index (χ2n) is 11.5. The van der Waals surface area contributed by atoms with Crippen molar-refractivity contribution < 1.29 is 17.9 Å². The molecule has 4 heterocycles. The van der Waals surface area contributed by atoms with E-state index in [0.717, 1.165) is 53.2 Å². The Balaban J connectivity index is 0.000000165. The minimum absolute atomic E-state index is 0.0116. The fraction of sp³-hybridized carbons (Fsp3) is 0.452. The van der Waals surface area contributed by atoms with Gasteiger partial charge in [-0.25, -0.2) is 17.9 Å². The van der Waals surface area contributed by atoms with Crippen LogP contribution in [0.5, 0.6) is 0 Å². The molecule has 2 saturated heterocycles. The maximum Gasteiger partial charge on any atom is 0.340 e. The Morgan fingerprint density at radius 2 is 1.71 bits per heavy atom. The van der Waals surface area contributed by atoms with Gasteiger partial charge in [-0.1, -0.05) is 24.3 Å². The molecule has 2 aromatic carbocycles. The first-order valence-electron chi connectivity index (χ1n) is 14.3. The van der Waals surface area contributed by atoms with Crippen molar-refractivity contribution in [3.63, 3.8) is 0 Å². The molecule has 0 unspecified atom stereocenters. The number of benzene rings is 2. The number of para-hydroxylation sites is 1. The lowest BCUT2D eigenvalue weighted by atomic mass is 10.0. The standard InChI is InChI=1S/C17H20N2O2.C14H21N3O2S/c1-19-11-6-7-12(19)9-13(8-11)21-17(20)15-10-18-16-5-3-2-4-14(15)16;1-15-20(18,19)10-11-4-5-14-13(8-11)12(9-16-14)6-7-17(2)3/h2-5,10-13,18H,6-9H2,1H3;4-5,8-9,15-16H,6-7,10H2,1-3H3/t11-,12+,13+;. The molecular formula is C31H41N5O4S. The molecule has 3 atom stereocenters.